The van der Waals surface area contributed by atoms with Gasteiger partial charge in [0.25, 0.3) is 5.91 Å². The summed E-state index contributed by atoms with van der Waals surface area (Å²) in [4.78, 5) is 24.1. The molecule has 10 heteroatoms. The van der Waals surface area contributed by atoms with Crippen LogP contribution in [0.15, 0.2) is 30.6 Å². The van der Waals surface area contributed by atoms with Crippen LogP contribution in [0.4, 0.5) is 5.82 Å². The van der Waals surface area contributed by atoms with Crippen LogP contribution in [-0.4, -0.2) is 85.0 Å². The SMILES string of the molecule is COC1COCCC1NC1CCN(C(=O)c2ncnc(NCC3CCCC(c4ccc(Cl)cc4)O3)c2C)CC1. The number of nitrogens with one attached hydrogen (secondary N) is 2. The summed E-state index contributed by atoms with van der Waals surface area (Å²) in [5.74, 6) is 0.654. The molecule has 3 saturated heterocycles. The Bertz CT molecular complexity index is 1100. The van der Waals surface area contributed by atoms with Crippen LogP contribution in [0.1, 0.15) is 66.2 Å². The summed E-state index contributed by atoms with van der Waals surface area (Å²) in [7, 11) is 1.74. The van der Waals surface area contributed by atoms with Gasteiger partial charge < -0.3 is 29.7 Å². The highest BCUT2D eigenvalue weighted by Crippen LogP contribution is 2.32. The van der Waals surface area contributed by atoms with Gasteiger partial charge in [0.1, 0.15) is 17.8 Å². The minimum absolute atomic E-state index is 0.0334. The molecule has 0 saturated carbocycles. The number of hydrogen-bond acceptors (Lipinski definition) is 8. The molecule has 1 amide bonds. The molecule has 0 bridgehead atoms. The number of methoxy groups -OCH3 is 1. The van der Waals surface area contributed by atoms with E-state index in [1.54, 1.807) is 7.11 Å². The number of carbonyl (C=O) groups is 1. The first-order chi connectivity index (χ1) is 19.0. The number of likely N-dealkylation sites (tertiary alicyclic amines) is 1. The van der Waals surface area contributed by atoms with E-state index in [1.807, 2.05) is 36.1 Å². The number of ether oxygens (including phenoxy) is 3. The normalized spacial score (nSPS) is 26.4. The molecule has 4 unspecified atom stereocenters. The van der Waals surface area contributed by atoms with E-state index in [-0.39, 0.29) is 24.2 Å². The van der Waals surface area contributed by atoms with Crippen molar-refractivity contribution in [1.82, 2.24) is 20.2 Å². The van der Waals surface area contributed by atoms with E-state index in [1.165, 1.54) is 6.33 Å². The number of hydrogen-bond donors (Lipinski definition) is 2. The number of rotatable bonds is 8. The van der Waals surface area contributed by atoms with E-state index < -0.39 is 0 Å². The Balaban J connectivity index is 1.13. The maximum atomic E-state index is 13.4. The third-order valence-corrected chi connectivity index (χ3v) is 8.47. The van der Waals surface area contributed by atoms with Gasteiger partial charge in [0, 0.05) is 56.0 Å². The lowest BCUT2D eigenvalue weighted by Crippen LogP contribution is -2.54. The molecule has 0 aliphatic carbocycles. The third kappa shape index (κ3) is 7.08. The van der Waals surface area contributed by atoms with Gasteiger partial charge in [-0.15, -0.1) is 0 Å². The lowest BCUT2D eigenvalue weighted by atomic mass is 9.98. The van der Waals surface area contributed by atoms with Crippen LogP contribution < -0.4 is 10.6 Å². The molecule has 3 aliphatic heterocycles. The Labute approximate surface area is 236 Å². The summed E-state index contributed by atoms with van der Waals surface area (Å²) in [6.07, 6.45) is 7.51. The van der Waals surface area contributed by atoms with Crippen molar-refractivity contribution in [2.45, 2.75) is 75.8 Å². The van der Waals surface area contributed by atoms with Crippen molar-refractivity contribution < 1.29 is 19.0 Å². The largest absolute Gasteiger partial charge is 0.379 e. The zero-order valence-electron chi connectivity index (χ0n) is 22.9. The molecule has 0 radical (unpaired) electrons. The molecule has 39 heavy (non-hydrogen) atoms. The zero-order valence-corrected chi connectivity index (χ0v) is 23.7. The van der Waals surface area contributed by atoms with Gasteiger partial charge in [-0.25, -0.2) is 9.97 Å². The molecule has 212 valence electrons. The maximum Gasteiger partial charge on any atom is 0.272 e. The highest BCUT2D eigenvalue weighted by atomic mass is 35.5. The van der Waals surface area contributed by atoms with Crippen molar-refractivity contribution in [3.05, 3.63) is 52.4 Å². The molecule has 4 atom stereocenters. The lowest BCUT2D eigenvalue weighted by Gasteiger charge is -2.38. The predicted octanol–water partition coefficient (Wildman–Crippen LogP) is 4.16. The molecular weight excluding hydrogens is 518 g/mol. The van der Waals surface area contributed by atoms with Crippen molar-refractivity contribution in [3.63, 3.8) is 0 Å². The standard InChI is InChI=1S/C29H40ClN5O4/c1-19-27(29(36)35-13-10-22(11-14-35)34-24-12-15-38-17-26(24)37-2)32-18-33-28(19)31-16-23-4-3-5-25(39-23)20-6-8-21(30)9-7-20/h6-9,18,22-26,34H,3-5,10-17H2,1-2H3,(H,31,32,33). The molecule has 0 spiro atoms. The van der Waals surface area contributed by atoms with Gasteiger partial charge in [0.2, 0.25) is 0 Å². The molecule has 4 heterocycles. The molecule has 5 rings (SSSR count). The van der Waals surface area contributed by atoms with Crippen LogP contribution in [-0.2, 0) is 14.2 Å². The maximum absolute atomic E-state index is 13.4. The number of aromatic nitrogens is 2. The summed E-state index contributed by atoms with van der Waals surface area (Å²) in [6, 6.07) is 8.55. The van der Waals surface area contributed by atoms with Gasteiger partial charge in [-0.1, -0.05) is 23.7 Å². The first-order valence-electron chi connectivity index (χ1n) is 14.1. The second kappa shape index (κ2) is 13.4. The van der Waals surface area contributed by atoms with Crippen molar-refractivity contribution in [3.8, 4) is 0 Å². The second-order valence-electron chi connectivity index (χ2n) is 10.8. The van der Waals surface area contributed by atoms with Crippen molar-refractivity contribution in [1.29, 1.82) is 0 Å². The van der Waals surface area contributed by atoms with Crippen molar-refractivity contribution in [2.24, 2.45) is 0 Å². The van der Waals surface area contributed by atoms with E-state index in [2.05, 4.69) is 20.6 Å². The first-order valence-corrected chi connectivity index (χ1v) is 14.5. The van der Waals surface area contributed by atoms with Gasteiger partial charge in [0.05, 0.1) is 24.9 Å². The topological polar surface area (TPSA) is 97.8 Å². The lowest BCUT2D eigenvalue weighted by molar-refractivity contribution is -0.0533. The number of nitrogens with zero attached hydrogens (tertiary/aromatic N) is 3. The first kappa shape index (κ1) is 28.2. The Morgan fingerprint density at radius 1 is 1.13 bits per heavy atom. The van der Waals surface area contributed by atoms with Crippen LogP contribution >= 0.6 is 11.6 Å². The highest BCUT2D eigenvalue weighted by Gasteiger charge is 2.31. The third-order valence-electron chi connectivity index (χ3n) is 8.21. The molecule has 1 aromatic carbocycles. The van der Waals surface area contributed by atoms with Crippen LogP contribution in [0.25, 0.3) is 0 Å². The highest BCUT2D eigenvalue weighted by molar-refractivity contribution is 6.30. The number of amides is 1. The van der Waals surface area contributed by atoms with Crippen molar-refractivity contribution in [2.75, 3.05) is 45.3 Å². The smallest absolute Gasteiger partial charge is 0.272 e. The molecule has 1 aromatic heterocycles. The average molecular weight is 558 g/mol. The summed E-state index contributed by atoms with van der Waals surface area (Å²) >= 11 is 6.05. The second-order valence-corrected chi connectivity index (χ2v) is 11.2. The van der Waals surface area contributed by atoms with Gasteiger partial charge >= 0.3 is 0 Å². The average Bonchev–Trinajstić information content (AvgIpc) is 2.97. The monoisotopic (exact) mass is 557 g/mol. The van der Waals surface area contributed by atoms with Gasteiger partial charge in [-0.2, -0.15) is 0 Å². The summed E-state index contributed by atoms with van der Waals surface area (Å²) in [5.41, 5.74) is 2.39. The Kier molecular flexibility index (Phi) is 9.68. The number of anilines is 1. The van der Waals surface area contributed by atoms with E-state index in [9.17, 15) is 4.79 Å². The molecule has 3 aliphatic rings. The Morgan fingerprint density at radius 2 is 1.92 bits per heavy atom. The van der Waals surface area contributed by atoms with Crippen LogP contribution in [0.2, 0.25) is 5.02 Å². The molecule has 9 nitrogen and oxygen atoms in total. The van der Waals surface area contributed by atoms with E-state index in [0.29, 0.717) is 49.8 Å². The van der Waals surface area contributed by atoms with E-state index >= 15 is 0 Å². The molecular formula is C29H40ClN5O4. The quantitative estimate of drug-likeness (QED) is 0.499. The van der Waals surface area contributed by atoms with Crippen LogP contribution in [0.5, 0.6) is 0 Å². The molecule has 2 aromatic rings. The van der Waals surface area contributed by atoms with Crippen molar-refractivity contribution >= 4 is 23.3 Å². The summed E-state index contributed by atoms with van der Waals surface area (Å²) in [5, 5.41) is 7.90. The predicted molar refractivity (Wildman–Crippen MR) is 150 cm³/mol. The fraction of sp³-hybridized carbons (Fsp3) is 0.621. The number of piperidine rings is 1. The zero-order chi connectivity index (χ0) is 27.2. The minimum atomic E-state index is -0.0334. The van der Waals surface area contributed by atoms with Gasteiger partial charge in [-0.05, 0) is 63.1 Å². The number of halogens is 1. The van der Waals surface area contributed by atoms with Gasteiger partial charge in [0.15, 0.2) is 0 Å². The molecule has 2 N–H and O–H groups in total. The Morgan fingerprint density at radius 3 is 2.69 bits per heavy atom. The van der Waals surface area contributed by atoms with Crippen LogP contribution in [0, 0.1) is 6.92 Å². The minimum Gasteiger partial charge on any atom is -0.379 e. The van der Waals surface area contributed by atoms with E-state index in [4.69, 9.17) is 25.8 Å². The fourth-order valence-electron chi connectivity index (χ4n) is 5.86. The summed E-state index contributed by atoms with van der Waals surface area (Å²) in [6.45, 7) is 5.33. The fourth-order valence-corrected chi connectivity index (χ4v) is 5.99. The van der Waals surface area contributed by atoms with Gasteiger partial charge in [-0.3, -0.25) is 4.79 Å². The molecule has 3 fully saturated rings. The number of benzene rings is 1. The number of carbonyl (C=O) groups excluding carboxylic acids is 1. The van der Waals surface area contributed by atoms with E-state index in [0.717, 1.165) is 61.3 Å². The summed E-state index contributed by atoms with van der Waals surface area (Å²) < 4.78 is 17.5. The Hall–Kier alpha value is -2.30. The van der Waals surface area contributed by atoms with Crippen LogP contribution in [0.3, 0.4) is 0 Å².